The van der Waals surface area contributed by atoms with Gasteiger partial charge in [0.2, 0.25) is 0 Å². The van der Waals surface area contributed by atoms with Crippen LogP contribution in [0.1, 0.15) is 50.4 Å². The molecule has 1 aromatic rings. The minimum absolute atomic E-state index is 0.0656. The summed E-state index contributed by atoms with van der Waals surface area (Å²) in [5.74, 6) is -1.72. The average Bonchev–Trinajstić information content (AvgIpc) is 2.71. The lowest BCUT2D eigenvalue weighted by Crippen LogP contribution is -2.38. The smallest absolute Gasteiger partial charge is 0.341 e. The molecular weight excluding hydrogens is 274 g/mol. The van der Waals surface area contributed by atoms with Crippen molar-refractivity contribution in [3.05, 3.63) is 35.4 Å². The van der Waals surface area contributed by atoms with Crippen LogP contribution < -0.4 is 0 Å². The predicted molar refractivity (Wildman–Crippen MR) is 74.8 cm³/mol. The van der Waals surface area contributed by atoms with Crippen molar-refractivity contribution in [2.24, 2.45) is 16.7 Å². The number of esters is 1. The van der Waals surface area contributed by atoms with Crippen molar-refractivity contribution < 1.29 is 18.3 Å². The van der Waals surface area contributed by atoms with E-state index in [4.69, 9.17) is 4.74 Å². The first-order valence-corrected chi connectivity index (χ1v) is 7.42. The van der Waals surface area contributed by atoms with Crippen LogP contribution >= 0.6 is 0 Å². The minimum atomic E-state index is -0.868. The molecule has 0 saturated heterocycles. The first-order chi connectivity index (χ1) is 9.75. The van der Waals surface area contributed by atoms with Gasteiger partial charge in [0.25, 0.3) is 0 Å². The van der Waals surface area contributed by atoms with Crippen molar-refractivity contribution in [3.63, 3.8) is 0 Å². The van der Waals surface area contributed by atoms with Crippen LogP contribution in [0.5, 0.6) is 0 Å². The fraction of sp³-hybridized carbons (Fsp3) is 0.588. The maximum atomic E-state index is 13.7. The Hall–Kier alpha value is -1.45. The van der Waals surface area contributed by atoms with Crippen molar-refractivity contribution in [1.29, 1.82) is 0 Å². The summed E-state index contributed by atoms with van der Waals surface area (Å²) in [6.07, 6.45) is 2.82. The standard InChI is InChI=1S/C17H20F2O2/c1-16(2)10-6-7-17(16,3)14(8-10)21-15(20)12-5-4-11(18)9-13(12)19/h4-5,9-10,14H,6-8H2,1-3H3. The molecule has 3 atom stereocenters. The first kappa shape index (κ1) is 14.5. The second-order valence-corrected chi connectivity index (χ2v) is 7.13. The second-order valence-electron chi connectivity index (χ2n) is 7.13. The van der Waals surface area contributed by atoms with E-state index in [9.17, 15) is 13.6 Å². The van der Waals surface area contributed by atoms with Gasteiger partial charge >= 0.3 is 5.97 Å². The van der Waals surface area contributed by atoms with Crippen molar-refractivity contribution in [2.75, 3.05) is 0 Å². The Labute approximate surface area is 123 Å². The molecule has 0 spiro atoms. The Morgan fingerprint density at radius 2 is 2.00 bits per heavy atom. The molecule has 1 aromatic carbocycles. The summed E-state index contributed by atoms with van der Waals surface area (Å²) in [5, 5.41) is 0. The van der Waals surface area contributed by atoms with E-state index in [1.807, 2.05) is 0 Å². The number of rotatable bonds is 2. The largest absolute Gasteiger partial charge is 0.458 e. The Balaban J connectivity index is 1.80. The molecule has 2 aliphatic carbocycles. The maximum absolute atomic E-state index is 13.7. The van der Waals surface area contributed by atoms with Gasteiger partial charge in [-0.15, -0.1) is 0 Å². The van der Waals surface area contributed by atoms with Crippen LogP contribution in [0, 0.1) is 28.4 Å². The molecule has 0 N–H and O–H groups in total. The monoisotopic (exact) mass is 294 g/mol. The Morgan fingerprint density at radius 3 is 2.52 bits per heavy atom. The summed E-state index contributed by atoms with van der Waals surface area (Å²) >= 11 is 0. The SMILES string of the molecule is CC1(C)C2CCC1(C)C(OC(=O)c1ccc(F)cc1F)C2. The van der Waals surface area contributed by atoms with Crippen molar-refractivity contribution in [1.82, 2.24) is 0 Å². The number of carbonyl (C=O) groups is 1. The molecule has 2 saturated carbocycles. The number of halogens is 2. The van der Waals surface area contributed by atoms with Gasteiger partial charge in [-0.25, -0.2) is 13.6 Å². The molecule has 21 heavy (non-hydrogen) atoms. The van der Waals surface area contributed by atoms with Gasteiger partial charge in [-0.2, -0.15) is 0 Å². The molecule has 2 bridgehead atoms. The molecular formula is C17H20F2O2. The van der Waals surface area contributed by atoms with E-state index in [-0.39, 0.29) is 22.5 Å². The quantitative estimate of drug-likeness (QED) is 0.759. The van der Waals surface area contributed by atoms with E-state index in [1.54, 1.807) is 0 Å². The molecule has 2 nitrogen and oxygen atoms in total. The summed E-state index contributed by atoms with van der Waals surface area (Å²) in [4.78, 5) is 12.2. The van der Waals surface area contributed by atoms with Gasteiger partial charge in [0.1, 0.15) is 17.7 Å². The van der Waals surface area contributed by atoms with E-state index in [1.165, 1.54) is 0 Å². The number of fused-ring (bicyclic) bond motifs is 2. The average molecular weight is 294 g/mol. The molecule has 2 fully saturated rings. The predicted octanol–water partition coefficient (Wildman–Crippen LogP) is 4.34. The van der Waals surface area contributed by atoms with Gasteiger partial charge in [0.05, 0.1) is 5.56 Å². The van der Waals surface area contributed by atoms with E-state index in [0.29, 0.717) is 12.0 Å². The molecule has 3 rings (SSSR count). The molecule has 0 heterocycles. The highest BCUT2D eigenvalue weighted by molar-refractivity contribution is 5.89. The zero-order valence-corrected chi connectivity index (χ0v) is 12.6. The van der Waals surface area contributed by atoms with Crippen LogP contribution in [0.4, 0.5) is 8.78 Å². The lowest BCUT2D eigenvalue weighted by molar-refractivity contribution is -0.0245. The van der Waals surface area contributed by atoms with E-state index in [2.05, 4.69) is 20.8 Å². The summed E-state index contributed by atoms with van der Waals surface area (Å²) < 4.78 is 32.2. The normalized spacial score (nSPS) is 33.2. The number of benzene rings is 1. The molecule has 114 valence electrons. The molecule has 0 radical (unpaired) electrons. The van der Waals surface area contributed by atoms with Gasteiger partial charge in [-0.3, -0.25) is 0 Å². The first-order valence-electron chi connectivity index (χ1n) is 7.42. The third-order valence-electron chi connectivity index (χ3n) is 6.11. The number of carbonyl (C=O) groups excluding carboxylic acids is 1. The molecule has 2 aliphatic rings. The minimum Gasteiger partial charge on any atom is -0.458 e. The van der Waals surface area contributed by atoms with Crippen molar-refractivity contribution in [3.8, 4) is 0 Å². The number of hydrogen-bond donors (Lipinski definition) is 0. The topological polar surface area (TPSA) is 26.3 Å². The van der Waals surface area contributed by atoms with E-state index in [0.717, 1.165) is 31.4 Å². The maximum Gasteiger partial charge on any atom is 0.341 e. The van der Waals surface area contributed by atoms with Crippen LogP contribution in [-0.2, 0) is 4.74 Å². The molecule has 0 aromatic heterocycles. The highest BCUT2D eigenvalue weighted by Gasteiger charge is 2.62. The number of ether oxygens (including phenoxy) is 1. The summed E-state index contributed by atoms with van der Waals surface area (Å²) in [6.45, 7) is 6.59. The number of hydrogen-bond acceptors (Lipinski definition) is 2. The van der Waals surface area contributed by atoms with Crippen LogP contribution in [0.25, 0.3) is 0 Å². The van der Waals surface area contributed by atoms with Crippen LogP contribution in [-0.4, -0.2) is 12.1 Å². The molecule has 4 heteroatoms. The lowest BCUT2D eigenvalue weighted by Gasteiger charge is -2.38. The van der Waals surface area contributed by atoms with Gasteiger partial charge in [-0.1, -0.05) is 20.8 Å². The summed E-state index contributed by atoms with van der Waals surface area (Å²) in [6, 6.07) is 2.93. The van der Waals surface area contributed by atoms with Crippen LogP contribution in [0.2, 0.25) is 0 Å². The fourth-order valence-corrected chi connectivity index (χ4v) is 4.16. The highest BCUT2D eigenvalue weighted by atomic mass is 19.1. The third-order valence-corrected chi connectivity index (χ3v) is 6.11. The molecule has 0 aliphatic heterocycles. The van der Waals surface area contributed by atoms with Gasteiger partial charge in [0, 0.05) is 11.5 Å². The molecule has 3 unspecified atom stereocenters. The zero-order valence-electron chi connectivity index (χ0n) is 12.6. The summed E-state index contributed by atoms with van der Waals surface area (Å²) in [5.41, 5.74) is -0.135. The van der Waals surface area contributed by atoms with Gasteiger partial charge < -0.3 is 4.74 Å². The summed E-state index contributed by atoms with van der Waals surface area (Å²) in [7, 11) is 0. The van der Waals surface area contributed by atoms with Crippen LogP contribution in [0.3, 0.4) is 0 Å². The highest BCUT2D eigenvalue weighted by Crippen LogP contribution is 2.66. The lowest BCUT2D eigenvalue weighted by atomic mass is 9.70. The zero-order chi connectivity index (χ0) is 15.4. The van der Waals surface area contributed by atoms with Crippen molar-refractivity contribution in [2.45, 2.75) is 46.1 Å². The molecule has 0 amide bonds. The third kappa shape index (κ3) is 1.99. The second kappa shape index (κ2) is 4.52. The Kier molecular flexibility index (Phi) is 3.12. The van der Waals surface area contributed by atoms with E-state index >= 15 is 0 Å². The van der Waals surface area contributed by atoms with E-state index < -0.39 is 17.6 Å². The van der Waals surface area contributed by atoms with Gasteiger partial charge in [-0.05, 0) is 42.7 Å². The fourth-order valence-electron chi connectivity index (χ4n) is 4.16. The van der Waals surface area contributed by atoms with Crippen LogP contribution in [0.15, 0.2) is 18.2 Å². The van der Waals surface area contributed by atoms with Crippen molar-refractivity contribution >= 4 is 5.97 Å². The Bertz CT molecular complexity index is 596. The van der Waals surface area contributed by atoms with Gasteiger partial charge in [0.15, 0.2) is 0 Å². The Morgan fingerprint density at radius 1 is 1.29 bits per heavy atom.